The SMILES string of the molecule is CC(C)(C)c1cc(C(=O)CBr)nc(C(C)(C)C)n1. The van der Waals surface area contributed by atoms with Crippen molar-refractivity contribution < 1.29 is 4.79 Å². The van der Waals surface area contributed by atoms with Gasteiger partial charge in [-0.25, -0.2) is 9.97 Å². The minimum atomic E-state index is -0.164. The molecule has 0 radical (unpaired) electrons. The molecule has 0 saturated carbocycles. The van der Waals surface area contributed by atoms with E-state index in [1.807, 2.05) is 0 Å². The van der Waals surface area contributed by atoms with Gasteiger partial charge in [0, 0.05) is 10.8 Å². The van der Waals surface area contributed by atoms with Gasteiger partial charge < -0.3 is 0 Å². The van der Waals surface area contributed by atoms with Crippen LogP contribution in [0.25, 0.3) is 0 Å². The minimum absolute atomic E-state index is 0.00611. The van der Waals surface area contributed by atoms with Crippen molar-refractivity contribution in [1.82, 2.24) is 9.97 Å². The van der Waals surface area contributed by atoms with Crippen LogP contribution in [0.4, 0.5) is 0 Å². The van der Waals surface area contributed by atoms with Gasteiger partial charge >= 0.3 is 0 Å². The Morgan fingerprint density at radius 1 is 1.11 bits per heavy atom. The van der Waals surface area contributed by atoms with Gasteiger partial charge in [-0.15, -0.1) is 0 Å². The zero-order valence-electron chi connectivity index (χ0n) is 12.0. The summed E-state index contributed by atoms with van der Waals surface area (Å²) in [6.45, 7) is 12.4. The maximum atomic E-state index is 11.8. The quantitative estimate of drug-likeness (QED) is 0.618. The second-order valence-corrected chi connectivity index (χ2v) is 7.08. The van der Waals surface area contributed by atoms with Crippen LogP contribution in [-0.4, -0.2) is 21.1 Å². The first-order valence-electron chi connectivity index (χ1n) is 6.05. The molecule has 0 N–H and O–H groups in total. The molecule has 0 bridgehead atoms. The molecule has 3 nitrogen and oxygen atoms in total. The fraction of sp³-hybridized carbons (Fsp3) is 0.643. The summed E-state index contributed by atoms with van der Waals surface area (Å²) in [5, 5.41) is 0.289. The number of Topliss-reactive ketones (excluding diaryl/α,β-unsaturated/α-hetero) is 1. The molecule has 0 fully saturated rings. The Kier molecular flexibility index (Phi) is 4.31. The lowest BCUT2D eigenvalue weighted by Crippen LogP contribution is -2.24. The zero-order chi connectivity index (χ0) is 14.1. The number of nitrogens with zero attached hydrogens (tertiary/aromatic N) is 2. The summed E-state index contributed by atoms with van der Waals surface area (Å²) in [4.78, 5) is 20.8. The predicted molar refractivity (Wildman–Crippen MR) is 77.6 cm³/mol. The number of aromatic nitrogens is 2. The molecule has 100 valence electrons. The number of hydrogen-bond donors (Lipinski definition) is 0. The van der Waals surface area contributed by atoms with Crippen molar-refractivity contribution in [2.75, 3.05) is 5.33 Å². The normalized spacial score (nSPS) is 12.6. The molecule has 4 heteroatoms. The third-order valence-corrected chi connectivity index (χ3v) is 3.08. The van der Waals surface area contributed by atoms with Crippen LogP contribution in [-0.2, 0) is 10.8 Å². The van der Waals surface area contributed by atoms with E-state index < -0.39 is 0 Å². The summed E-state index contributed by atoms with van der Waals surface area (Å²) in [6, 6.07) is 1.80. The molecule has 1 heterocycles. The fourth-order valence-electron chi connectivity index (χ4n) is 1.38. The second-order valence-electron chi connectivity index (χ2n) is 6.52. The molecule has 0 aliphatic heterocycles. The monoisotopic (exact) mass is 312 g/mol. The van der Waals surface area contributed by atoms with E-state index in [-0.39, 0.29) is 21.9 Å². The van der Waals surface area contributed by atoms with Gasteiger partial charge in [0.25, 0.3) is 0 Å². The highest BCUT2D eigenvalue weighted by Crippen LogP contribution is 2.25. The van der Waals surface area contributed by atoms with E-state index in [0.717, 1.165) is 11.5 Å². The molecule has 0 aliphatic carbocycles. The van der Waals surface area contributed by atoms with Crippen LogP contribution in [0.15, 0.2) is 6.07 Å². The molecule has 18 heavy (non-hydrogen) atoms. The Balaban J connectivity index is 3.44. The number of carbonyl (C=O) groups excluding carboxylic acids is 1. The topological polar surface area (TPSA) is 42.9 Å². The van der Waals surface area contributed by atoms with Crippen LogP contribution in [0.1, 0.15) is 63.5 Å². The van der Waals surface area contributed by atoms with Crippen LogP contribution in [0.5, 0.6) is 0 Å². The van der Waals surface area contributed by atoms with Gasteiger partial charge in [0.15, 0.2) is 5.78 Å². The molecule has 0 spiro atoms. The molecular weight excluding hydrogens is 292 g/mol. The van der Waals surface area contributed by atoms with Gasteiger partial charge in [-0.3, -0.25) is 4.79 Å². The lowest BCUT2D eigenvalue weighted by atomic mass is 9.89. The number of carbonyl (C=O) groups is 1. The molecule has 0 saturated heterocycles. The van der Waals surface area contributed by atoms with Crippen LogP contribution in [0, 0.1) is 0 Å². The first kappa shape index (κ1) is 15.3. The van der Waals surface area contributed by atoms with Crippen molar-refractivity contribution >= 4 is 21.7 Å². The predicted octanol–water partition coefficient (Wildman–Crippen LogP) is 3.65. The van der Waals surface area contributed by atoms with Crippen LogP contribution in [0.2, 0.25) is 0 Å². The molecule has 1 rings (SSSR count). The molecule has 0 aliphatic rings. The Hall–Kier alpha value is -0.770. The largest absolute Gasteiger partial charge is 0.291 e. The Morgan fingerprint density at radius 2 is 1.67 bits per heavy atom. The summed E-state index contributed by atoms with van der Waals surface area (Å²) >= 11 is 3.19. The smallest absolute Gasteiger partial charge is 0.191 e. The van der Waals surface area contributed by atoms with Crippen molar-refractivity contribution in [3.63, 3.8) is 0 Å². The van der Waals surface area contributed by atoms with Crippen molar-refractivity contribution in [3.05, 3.63) is 23.3 Å². The minimum Gasteiger partial charge on any atom is -0.291 e. The highest BCUT2D eigenvalue weighted by atomic mass is 79.9. The van der Waals surface area contributed by atoms with E-state index in [0.29, 0.717) is 5.69 Å². The fourth-order valence-corrected chi connectivity index (χ4v) is 1.67. The van der Waals surface area contributed by atoms with Gasteiger partial charge in [0.1, 0.15) is 11.5 Å². The van der Waals surface area contributed by atoms with Crippen LogP contribution in [0.3, 0.4) is 0 Å². The summed E-state index contributed by atoms with van der Waals surface area (Å²) in [5.41, 5.74) is 1.15. The average Bonchev–Trinajstić information content (AvgIpc) is 2.25. The Bertz CT molecular complexity index is 424. The number of ketones is 1. The molecule has 0 amide bonds. The third-order valence-electron chi connectivity index (χ3n) is 2.57. The number of halogens is 1. The molecule has 1 aromatic rings. The highest BCUT2D eigenvalue weighted by Gasteiger charge is 2.24. The number of alkyl halides is 1. The Labute approximate surface area is 118 Å². The summed E-state index contributed by atoms with van der Waals surface area (Å²) in [6.07, 6.45) is 0. The van der Waals surface area contributed by atoms with Crippen LogP contribution < -0.4 is 0 Å². The van der Waals surface area contributed by atoms with Crippen molar-refractivity contribution in [2.24, 2.45) is 0 Å². The third kappa shape index (κ3) is 3.61. The zero-order valence-corrected chi connectivity index (χ0v) is 13.6. The number of hydrogen-bond acceptors (Lipinski definition) is 3. The summed E-state index contributed by atoms with van der Waals surface area (Å²) in [7, 11) is 0. The molecule has 0 atom stereocenters. The van der Waals surface area contributed by atoms with Gasteiger partial charge in [0.2, 0.25) is 0 Å². The van der Waals surface area contributed by atoms with Crippen molar-refractivity contribution in [3.8, 4) is 0 Å². The van der Waals surface area contributed by atoms with Gasteiger partial charge in [-0.2, -0.15) is 0 Å². The molecule has 1 aromatic heterocycles. The highest BCUT2D eigenvalue weighted by molar-refractivity contribution is 9.09. The van der Waals surface area contributed by atoms with Crippen molar-refractivity contribution in [1.29, 1.82) is 0 Å². The molecule has 0 aromatic carbocycles. The lowest BCUT2D eigenvalue weighted by Gasteiger charge is -2.23. The van der Waals surface area contributed by atoms with Crippen molar-refractivity contribution in [2.45, 2.75) is 52.4 Å². The molecule has 0 unspecified atom stereocenters. The van der Waals surface area contributed by atoms with E-state index in [1.54, 1.807) is 6.07 Å². The maximum Gasteiger partial charge on any atom is 0.191 e. The number of rotatable bonds is 2. The second kappa shape index (κ2) is 5.08. The molecular formula is C14H21BrN2O. The van der Waals surface area contributed by atoms with Gasteiger partial charge in [-0.1, -0.05) is 57.5 Å². The van der Waals surface area contributed by atoms with E-state index >= 15 is 0 Å². The maximum absolute atomic E-state index is 11.8. The van der Waals surface area contributed by atoms with Crippen LogP contribution >= 0.6 is 15.9 Å². The van der Waals surface area contributed by atoms with Gasteiger partial charge in [-0.05, 0) is 6.07 Å². The van der Waals surface area contributed by atoms with E-state index in [1.165, 1.54) is 0 Å². The van der Waals surface area contributed by atoms with E-state index in [4.69, 9.17) is 0 Å². The summed E-state index contributed by atoms with van der Waals surface area (Å²) < 4.78 is 0. The first-order valence-corrected chi connectivity index (χ1v) is 7.17. The lowest BCUT2D eigenvalue weighted by molar-refractivity contribution is 0.101. The standard InChI is InChI=1S/C14H21BrN2O/c1-13(2,3)11-7-9(10(18)8-15)16-12(17-11)14(4,5)6/h7H,8H2,1-6H3. The first-order chi connectivity index (χ1) is 8.05. The van der Waals surface area contributed by atoms with Gasteiger partial charge in [0.05, 0.1) is 11.0 Å². The summed E-state index contributed by atoms with van der Waals surface area (Å²) in [5.74, 6) is 0.715. The Morgan fingerprint density at radius 3 is 2.06 bits per heavy atom. The average molecular weight is 313 g/mol. The van der Waals surface area contributed by atoms with E-state index in [2.05, 4.69) is 67.4 Å². The van der Waals surface area contributed by atoms with E-state index in [9.17, 15) is 4.79 Å².